The Morgan fingerprint density at radius 1 is 0.460 bits per heavy atom. The lowest BCUT2D eigenvalue weighted by Crippen LogP contribution is -2.18. The average molecular weight is 799 g/mol. The maximum Gasteiger partial charge on any atom is 0.0290 e. The van der Waals surface area contributed by atoms with Gasteiger partial charge in [-0.15, -0.1) is 0 Å². The lowest BCUT2D eigenvalue weighted by atomic mass is 9.73. The van der Waals surface area contributed by atoms with Crippen LogP contribution in [0.1, 0.15) is 82.0 Å². The minimum Gasteiger partial charge on any atom is -0.0802 e. The highest BCUT2D eigenvalue weighted by Gasteiger charge is 2.69. The van der Waals surface area contributed by atoms with E-state index in [1.54, 1.807) is 44.5 Å². The predicted octanol–water partition coefficient (Wildman–Crippen LogP) is 15.5. The van der Waals surface area contributed by atoms with Crippen LogP contribution in [0.15, 0.2) is 181 Å². The number of fused-ring (bicyclic) bond motifs is 14. The van der Waals surface area contributed by atoms with E-state index < -0.39 is 0 Å². The summed E-state index contributed by atoms with van der Waals surface area (Å²) in [5.74, 6) is 2.57. The van der Waals surface area contributed by atoms with Crippen LogP contribution >= 0.6 is 0 Å². The van der Waals surface area contributed by atoms with Gasteiger partial charge in [0.15, 0.2) is 0 Å². The number of hydrogen-bond donors (Lipinski definition) is 0. The van der Waals surface area contributed by atoms with E-state index in [4.69, 9.17) is 0 Å². The monoisotopic (exact) mass is 798 g/mol. The van der Waals surface area contributed by atoms with E-state index in [-0.39, 0.29) is 10.8 Å². The van der Waals surface area contributed by atoms with E-state index >= 15 is 0 Å². The van der Waals surface area contributed by atoms with Crippen molar-refractivity contribution >= 4 is 43.5 Å². The van der Waals surface area contributed by atoms with E-state index in [0.717, 1.165) is 24.7 Å². The molecule has 0 heteroatoms. The van der Waals surface area contributed by atoms with E-state index in [9.17, 15) is 0 Å². The zero-order valence-electron chi connectivity index (χ0n) is 35.0. The van der Waals surface area contributed by atoms with E-state index in [2.05, 4.69) is 170 Å². The van der Waals surface area contributed by atoms with Crippen molar-refractivity contribution in [2.75, 3.05) is 0 Å². The second kappa shape index (κ2) is 10.9. The Labute approximate surface area is 367 Å². The molecule has 0 nitrogen and oxygen atoms in total. The third-order valence-electron chi connectivity index (χ3n) is 17.9. The predicted molar refractivity (Wildman–Crippen MR) is 260 cm³/mol. The second-order valence-electron chi connectivity index (χ2n) is 20.5. The first-order valence-corrected chi connectivity index (χ1v) is 23.6. The van der Waals surface area contributed by atoms with Crippen LogP contribution in [0.2, 0.25) is 0 Å². The molecule has 0 heterocycles. The summed E-state index contributed by atoms with van der Waals surface area (Å²) in [7, 11) is 0. The molecular weight excluding hydrogens is 757 g/mol. The molecule has 0 aliphatic heterocycles. The lowest BCUT2D eigenvalue weighted by molar-refractivity contribution is 0.713. The van der Waals surface area contributed by atoms with Crippen molar-refractivity contribution < 1.29 is 0 Å². The van der Waals surface area contributed by atoms with Crippen molar-refractivity contribution in [2.24, 2.45) is 11.8 Å². The fourth-order valence-electron chi connectivity index (χ4n) is 15.5. The summed E-state index contributed by atoms with van der Waals surface area (Å²) < 4.78 is 0. The molecule has 6 atom stereocenters. The summed E-state index contributed by atoms with van der Waals surface area (Å²) in [5.41, 5.74) is 27.6. The molecule has 0 saturated heterocycles. The summed E-state index contributed by atoms with van der Waals surface area (Å²) in [5, 5.41) is 8.31. The van der Waals surface area contributed by atoms with Gasteiger partial charge >= 0.3 is 0 Å². The highest BCUT2D eigenvalue weighted by molar-refractivity contribution is 6.15. The van der Waals surface area contributed by atoms with Crippen molar-refractivity contribution in [3.05, 3.63) is 226 Å². The van der Waals surface area contributed by atoms with Crippen LogP contribution in [0.25, 0.3) is 76.8 Å². The maximum absolute atomic E-state index is 2.62. The zero-order valence-corrected chi connectivity index (χ0v) is 35.0. The van der Waals surface area contributed by atoms with Crippen molar-refractivity contribution in [1.29, 1.82) is 0 Å². The molecule has 294 valence electrons. The van der Waals surface area contributed by atoms with E-state index in [1.165, 1.54) is 107 Å². The van der Waals surface area contributed by atoms with Crippen molar-refractivity contribution in [2.45, 2.75) is 54.8 Å². The largest absolute Gasteiger partial charge is 0.0802 e. The molecule has 3 saturated carbocycles. The zero-order chi connectivity index (χ0) is 40.5. The normalized spacial score (nSPS) is 27.2. The molecular formula is C63H42. The van der Waals surface area contributed by atoms with Crippen LogP contribution in [-0.4, -0.2) is 0 Å². The Morgan fingerprint density at radius 3 is 1.90 bits per heavy atom. The number of rotatable bonds is 2. The molecule has 8 aromatic rings. The fourth-order valence-corrected chi connectivity index (χ4v) is 15.5. The highest BCUT2D eigenvalue weighted by atomic mass is 14.7. The Hall–Kier alpha value is -6.76. The Morgan fingerprint density at radius 2 is 1.11 bits per heavy atom. The fraction of sp³-hybridized carbons (Fsp3) is 0.175. The summed E-state index contributed by atoms with van der Waals surface area (Å²) in [6.45, 7) is 0. The minimum absolute atomic E-state index is 0.0966. The SMILES string of the molecule is C1=CCC2=C(C=C1)C13CC1c1c(cc(-c4ccc(-c5cc6c(c7ccccc57)C5CC57C5=C(C=CC8CC58)c5cccc-6c57)c5ccccc45)c4ccccc14)Cc1cccc2c13. The number of benzene rings is 8. The van der Waals surface area contributed by atoms with Gasteiger partial charge in [0.05, 0.1) is 0 Å². The van der Waals surface area contributed by atoms with Crippen molar-refractivity contribution in [3.63, 3.8) is 0 Å². The van der Waals surface area contributed by atoms with Crippen molar-refractivity contribution in [1.82, 2.24) is 0 Å². The maximum atomic E-state index is 2.62. The first-order chi connectivity index (χ1) is 31.2. The van der Waals surface area contributed by atoms with Crippen LogP contribution in [0.3, 0.4) is 0 Å². The molecule has 0 radical (unpaired) electrons. The topological polar surface area (TPSA) is 0 Å². The van der Waals surface area contributed by atoms with E-state index in [0.29, 0.717) is 11.8 Å². The molecule has 63 heavy (non-hydrogen) atoms. The average Bonchev–Trinajstić information content (AvgIpc) is 4.25. The van der Waals surface area contributed by atoms with Gasteiger partial charge in [0.1, 0.15) is 0 Å². The third-order valence-corrected chi connectivity index (χ3v) is 17.9. The van der Waals surface area contributed by atoms with Gasteiger partial charge in [-0.2, -0.15) is 0 Å². The van der Waals surface area contributed by atoms with Crippen LogP contribution in [0.5, 0.6) is 0 Å². The first kappa shape index (κ1) is 32.9. The van der Waals surface area contributed by atoms with Crippen LogP contribution in [0, 0.1) is 11.8 Å². The second-order valence-corrected chi connectivity index (χ2v) is 20.5. The van der Waals surface area contributed by atoms with Gasteiger partial charge in [0.25, 0.3) is 0 Å². The standard InChI is InChI=1S/C63H42/c1-2-17-43-46-20-10-12-35-28-36-30-51(39-15-6-8-18-44(39)57(36)55-32-62(55,59(35)46)54(43)23-3-1)41-26-27-42(38-14-5-4-13-37(38)41)52-31-53-48-22-11-21-47-49-25-24-34-29-50(34)61(49)63(60(47)48)33-56(63)58(53)45-19-9-7-16-40(45)52/h1-16,18-27,30-31,34,50,55-56H,17,28-29,32-33H2. The molecule has 0 aromatic heterocycles. The molecule has 6 unspecified atom stereocenters. The Bertz CT molecular complexity index is 3740. The molecule has 0 bridgehead atoms. The third kappa shape index (κ3) is 3.75. The van der Waals surface area contributed by atoms with Crippen molar-refractivity contribution in [3.8, 4) is 33.4 Å². The molecule has 9 aliphatic carbocycles. The van der Waals surface area contributed by atoms with Gasteiger partial charge in [-0.1, -0.05) is 158 Å². The van der Waals surface area contributed by atoms with Crippen LogP contribution in [-0.2, 0) is 17.3 Å². The lowest BCUT2D eigenvalue weighted by Gasteiger charge is -2.29. The Balaban J connectivity index is 0.869. The molecule has 8 aromatic carbocycles. The van der Waals surface area contributed by atoms with Gasteiger partial charge < -0.3 is 0 Å². The summed E-state index contributed by atoms with van der Waals surface area (Å²) in [4.78, 5) is 0. The van der Waals surface area contributed by atoms with Crippen LogP contribution < -0.4 is 0 Å². The van der Waals surface area contributed by atoms with Gasteiger partial charge in [-0.3, -0.25) is 0 Å². The first-order valence-electron chi connectivity index (χ1n) is 23.6. The smallest absolute Gasteiger partial charge is 0.0290 e. The molecule has 0 N–H and O–H groups in total. The molecule has 3 fully saturated rings. The number of allylic oxidation sites excluding steroid dienone is 10. The summed E-state index contributed by atoms with van der Waals surface area (Å²) in [6.07, 6.45) is 20.2. The molecule has 9 aliphatic rings. The quantitative estimate of drug-likeness (QED) is 0.163. The van der Waals surface area contributed by atoms with Gasteiger partial charge in [-0.05, 0) is 200 Å². The van der Waals surface area contributed by atoms with E-state index in [1.807, 2.05) is 0 Å². The molecule has 2 spiro atoms. The highest BCUT2D eigenvalue weighted by Crippen LogP contribution is 2.79. The summed E-state index contributed by atoms with van der Waals surface area (Å²) in [6, 6.07) is 52.6. The van der Waals surface area contributed by atoms with Gasteiger partial charge in [0, 0.05) is 10.8 Å². The Kier molecular flexibility index (Phi) is 5.68. The molecule has 0 amide bonds. The van der Waals surface area contributed by atoms with Gasteiger partial charge in [-0.25, -0.2) is 0 Å². The molecule has 17 rings (SSSR count). The van der Waals surface area contributed by atoms with Gasteiger partial charge in [0.2, 0.25) is 0 Å². The van der Waals surface area contributed by atoms with Crippen LogP contribution in [0.4, 0.5) is 0 Å². The number of hydrogen-bond acceptors (Lipinski definition) is 0. The summed E-state index contributed by atoms with van der Waals surface area (Å²) >= 11 is 0. The minimum atomic E-state index is 0.0966.